The molecule has 0 saturated carbocycles. The number of carbonyl (C=O) groups excluding carboxylic acids is 1. The first-order chi connectivity index (χ1) is 7.72. The maximum absolute atomic E-state index is 13.5. The van der Waals surface area contributed by atoms with Crippen molar-refractivity contribution in [3.63, 3.8) is 0 Å². The number of nitrogens with zero attached hydrogens (tertiary/aromatic N) is 3. The van der Waals surface area contributed by atoms with Gasteiger partial charge in [0.2, 0.25) is 0 Å². The number of amides is 1. The molecule has 0 aliphatic heterocycles. The van der Waals surface area contributed by atoms with Gasteiger partial charge in [-0.2, -0.15) is 0 Å². The van der Waals surface area contributed by atoms with Crippen molar-refractivity contribution in [3.8, 4) is 0 Å². The lowest BCUT2D eigenvalue weighted by Crippen LogP contribution is -1.97. The lowest BCUT2D eigenvalue weighted by molar-refractivity contribution is 0.0996. The fraction of sp³-hybridized carbons (Fsp3) is 0. The van der Waals surface area contributed by atoms with Crippen LogP contribution in [-0.2, 0) is 0 Å². The fourth-order valence-corrected chi connectivity index (χ4v) is 1.47. The molecule has 0 unspecified atom stereocenters. The molecule has 0 bridgehead atoms. The topological polar surface area (TPSA) is 65.8 Å². The van der Waals surface area contributed by atoms with Crippen LogP contribution in [0, 0.1) is 5.82 Å². The van der Waals surface area contributed by atoms with Gasteiger partial charge in [0.05, 0.1) is 5.56 Å². The second-order valence-corrected chi connectivity index (χ2v) is 3.17. The molecule has 0 heterocycles. The Kier molecular flexibility index (Phi) is 2.54. The largest absolute Gasteiger partial charge is 0.287 e. The third kappa shape index (κ3) is 1.71. The minimum atomic E-state index is -0.911. The van der Waals surface area contributed by atoms with Gasteiger partial charge in [0.25, 0.3) is 5.91 Å². The van der Waals surface area contributed by atoms with Crippen molar-refractivity contribution in [2.75, 3.05) is 0 Å². The van der Waals surface area contributed by atoms with Crippen molar-refractivity contribution in [1.82, 2.24) is 0 Å². The van der Waals surface area contributed by atoms with E-state index in [2.05, 4.69) is 10.0 Å². The molecule has 4 nitrogen and oxygen atoms in total. The molecule has 0 atom stereocenters. The van der Waals surface area contributed by atoms with Crippen LogP contribution in [0.15, 0.2) is 41.5 Å². The zero-order chi connectivity index (χ0) is 11.5. The number of carbonyl (C=O) groups is 1. The van der Waals surface area contributed by atoms with Gasteiger partial charge in [-0.3, -0.25) is 4.79 Å². The number of halogens is 1. The zero-order valence-corrected chi connectivity index (χ0v) is 8.09. The van der Waals surface area contributed by atoms with Crippen molar-refractivity contribution in [1.29, 1.82) is 0 Å². The van der Waals surface area contributed by atoms with Crippen molar-refractivity contribution in [3.05, 3.63) is 58.2 Å². The minimum absolute atomic E-state index is 0.212. The van der Waals surface area contributed by atoms with Crippen LogP contribution in [0.4, 0.5) is 4.39 Å². The Morgan fingerprint density at radius 1 is 1.25 bits per heavy atom. The Balaban J connectivity index is 2.67. The molecule has 0 radical (unpaired) electrons. The second-order valence-electron chi connectivity index (χ2n) is 3.17. The van der Waals surface area contributed by atoms with Gasteiger partial charge in [-0.05, 0) is 33.6 Å². The lowest BCUT2D eigenvalue weighted by Gasteiger charge is -2.01. The van der Waals surface area contributed by atoms with Gasteiger partial charge < -0.3 is 0 Å². The van der Waals surface area contributed by atoms with Crippen LogP contribution in [0.3, 0.4) is 0 Å². The van der Waals surface area contributed by atoms with Gasteiger partial charge in [0.15, 0.2) is 0 Å². The Morgan fingerprint density at radius 2 is 1.88 bits per heavy atom. The molecular formula is C11H6FN3O. The first kappa shape index (κ1) is 10.1. The van der Waals surface area contributed by atoms with E-state index < -0.39 is 11.7 Å². The summed E-state index contributed by atoms with van der Waals surface area (Å²) in [5, 5.41) is 4.28. The summed E-state index contributed by atoms with van der Waals surface area (Å²) in [6, 6.07) is 9.66. The second kappa shape index (κ2) is 4.00. The SMILES string of the molecule is [N-]=[N+]=NC(=O)c1cc2ccccc2cc1F. The van der Waals surface area contributed by atoms with E-state index in [1.165, 1.54) is 12.1 Å². The van der Waals surface area contributed by atoms with Gasteiger partial charge in [-0.1, -0.05) is 24.3 Å². The molecule has 0 spiro atoms. The maximum Gasteiger partial charge on any atom is 0.252 e. The average Bonchev–Trinajstić information content (AvgIpc) is 2.28. The molecule has 0 N–H and O–H groups in total. The van der Waals surface area contributed by atoms with E-state index in [0.717, 1.165) is 5.39 Å². The molecule has 2 aromatic carbocycles. The molecular weight excluding hydrogens is 209 g/mol. The summed E-state index contributed by atoms with van der Waals surface area (Å²) >= 11 is 0. The number of rotatable bonds is 1. The highest BCUT2D eigenvalue weighted by molar-refractivity contribution is 5.99. The molecule has 0 fully saturated rings. The van der Waals surface area contributed by atoms with E-state index in [9.17, 15) is 9.18 Å². The first-order valence-corrected chi connectivity index (χ1v) is 4.50. The van der Waals surface area contributed by atoms with Gasteiger partial charge >= 0.3 is 0 Å². The smallest absolute Gasteiger partial charge is 0.252 e. The van der Waals surface area contributed by atoms with Gasteiger partial charge in [-0.25, -0.2) is 4.39 Å². The van der Waals surface area contributed by atoms with Crippen LogP contribution < -0.4 is 0 Å². The summed E-state index contributed by atoms with van der Waals surface area (Å²) in [6.45, 7) is 0. The molecule has 0 aliphatic rings. The zero-order valence-electron chi connectivity index (χ0n) is 8.09. The number of azide groups is 1. The van der Waals surface area contributed by atoms with Gasteiger partial charge in [0, 0.05) is 4.91 Å². The van der Waals surface area contributed by atoms with Gasteiger partial charge in [-0.15, -0.1) is 0 Å². The summed E-state index contributed by atoms with van der Waals surface area (Å²) < 4.78 is 13.5. The lowest BCUT2D eigenvalue weighted by atomic mass is 10.1. The highest BCUT2D eigenvalue weighted by Crippen LogP contribution is 2.19. The van der Waals surface area contributed by atoms with Crippen molar-refractivity contribution in [2.24, 2.45) is 5.11 Å². The average molecular weight is 215 g/mol. The minimum Gasteiger partial charge on any atom is -0.287 e. The molecule has 0 aliphatic carbocycles. The van der Waals surface area contributed by atoms with Gasteiger partial charge in [0.1, 0.15) is 5.82 Å². The number of benzene rings is 2. The van der Waals surface area contributed by atoms with E-state index in [1.54, 1.807) is 24.3 Å². The van der Waals surface area contributed by atoms with Crippen molar-refractivity contribution >= 4 is 16.7 Å². The van der Waals surface area contributed by atoms with E-state index in [1.807, 2.05) is 0 Å². The Labute approximate surface area is 89.9 Å². The third-order valence-electron chi connectivity index (χ3n) is 2.20. The normalized spacial score (nSPS) is 9.81. The van der Waals surface area contributed by atoms with E-state index in [-0.39, 0.29) is 5.56 Å². The van der Waals surface area contributed by atoms with Crippen molar-refractivity contribution in [2.45, 2.75) is 0 Å². The number of hydrogen-bond acceptors (Lipinski definition) is 1. The van der Waals surface area contributed by atoms with Crippen LogP contribution in [-0.4, -0.2) is 5.91 Å². The van der Waals surface area contributed by atoms with E-state index in [4.69, 9.17) is 5.53 Å². The quantitative estimate of drug-likeness (QED) is 0.408. The van der Waals surface area contributed by atoms with Crippen LogP contribution in [0.5, 0.6) is 0 Å². The number of fused-ring (bicyclic) bond motifs is 1. The monoisotopic (exact) mass is 215 g/mol. The summed E-state index contributed by atoms with van der Waals surface area (Å²) in [5.74, 6) is -1.60. The van der Waals surface area contributed by atoms with Crippen LogP contribution in [0.1, 0.15) is 10.4 Å². The van der Waals surface area contributed by atoms with Crippen LogP contribution in [0.25, 0.3) is 21.2 Å². The molecule has 0 aromatic heterocycles. The molecule has 2 rings (SSSR count). The summed E-state index contributed by atoms with van der Waals surface area (Å²) in [4.78, 5) is 13.6. The highest BCUT2D eigenvalue weighted by atomic mass is 19.1. The maximum atomic E-state index is 13.5. The molecule has 2 aromatic rings. The standard InChI is InChI=1S/C11H6FN3O/c12-10-6-8-4-2-1-3-7(8)5-9(10)11(16)14-15-13/h1-6H. The Hall–Kier alpha value is -2.39. The van der Waals surface area contributed by atoms with Crippen LogP contribution in [0.2, 0.25) is 0 Å². The molecule has 5 heteroatoms. The Morgan fingerprint density at radius 3 is 2.50 bits per heavy atom. The first-order valence-electron chi connectivity index (χ1n) is 4.50. The predicted molar refractivity (Wildman–Crippen MR) is 57.4 cm³/mol. The predicted octanol–water partition coefficient (Wildman–Crippen LogP) is 3.43. The van der Waals surface area contributed by atoms with Crippen LogP contribution >= 0.6 is 0 Å². The molecule has 1 amide bonds. The molecule has 78 valence electrons. The fourth-order valence-electron chi connectivity index (χ4n) is 1.47. The Bertz CT molecular complexity index is 618. The summed E-state index contributed by atoms with van der Waals surface area (Å²) in [5.41, 5.74) is 7.91. The molecule has 16 heavy (non-hydrogen) atoms. The van der Waals surface area contributed by atoms with E-state index >= 15 is 0 Å². The number of hydrogen-bond donors (Lipinski definition) is 0. The third-order valence-corrected chi connectivity index (χ3v) is 2.20. The summed E-state index contributed by atoms with van der Waals surface area (Å²) in [6.07, 6.45) is 0. The van der Waals surface area contributed by atoms with Crippen molar-refractivity contribution < 1.29 is 9.18 Å². The van der Waals surface area contributed by atoms with E-state index in [0.29, 0.717) is 5.39 Å². The molecule has 0 saturated heterocycles. The summed E-state index contributed by atoms with van der Waals surface area (Å²) in [7, 11) is 0. The highest BCUT2D eigenvalue weighted by Gasteiger charge is 2.10.